The van der Waals surface area contributed by atoms with Crippen molar-refractivity contribution >= 4 is 35.2 Å². The smallest absolute Gasteiger partial charge is 0.256 e. The zero-order valence-corrected chi connectivity index (χ0v) is 22.4. The molecule has 2 aromatic carbocycles. The number of rotatable bonds is 5. The molecule has 0 saturated carbocycles. The fourth-order valence-electron chi connectivity index (χ4n) is 5.29. The van der Waals surface area contributed by atoms with E-state index in [9.17, 15) is 18.4 Å². The van der Waals surface area contributed by atoms with Crippen molar-refractivity contribution < 1.29 is 18.4 Å². The Kier molecular flexibility index (Phi) is 8.00. The van der Waals surface area contributed by atoms with Gasteiger partial charge in [0.1, 0.15) is 5.03 Å². The highest BCUT2D eigenvalue weighted by molar-refractivity contribution is 7.98. The highest BCUT2D eigenvalue weighted by Gasteiger charge is 2.40. The topological polar surface area (TPSA) is 53.5 Å². The third-order valence-corrected chi connectivity index (χ3v) is 9.02. The molecule has 3 aromatic rings. The minimum absolute atomic E-state index is 0.00587. The van der Waals surface area contributed by atoms with Crippen LogP contribution in [0.25, 0.3) is 0 Å². The summed E-state index contributed by atoms with van der Waals surface area (Å²) in [5, 5.41) is 0.347. The first-order valence-electron chi connectivity index (χ1n) is 12.7. The van der Waals surface area contributed by atoms with Crippen molar-refractivity contribution in [1.82, 2.24) is 14.8 Å². The minimum atomic E-state index is -1.14. The fraction of sp³-hybridized carbons (Fsp3) is 0.345. The molecule has 9 heteroatoms. The Hall–Kier alpha value is -2.97. The summed E-state index contributed by atoms with van der Waals surface area (Å²) >= 11 is 7.30. The molecule has 0 N–H and O–H groups in total. The van der Waals surface area contributed by atoms with E-state index in [1.807, 2.05) is 29.2 Å². The Balaban J connectivity index is 1.17. The number of hydrogen-bond donors (Lipinski definition) is 0. The maximum Gasteiger partial charge on any atom is 0.256 e. The van der Waals surface area contributed by atoms with Crippen LogP contribution in [0.5, 0.6) is 0 Å². The van der Waals surface area contributed by atoms with E-state index >= 15 is 0 Å². The number of pyridine rings is 1. The number of nitrogens with zero attached hydrogens (tertiary/aromatic N) is 3. The van der Waals surface area contributed by atoms with Gasteiger partial charge in [0.2, 0.25) is 0 Å². The summed E-state index contributed by atoms with van der Waals surface area (Å²) < 4.78 is 27.3. The second kappa shape index (κ2) is 11.4. The average Bonchev–Trinajstić information content (AvgIpc) is 2.95. The highest BCUT2D eigenvalue weighted by atomic mass is 35.5. The second-order valence-electron chi connectivity index (χ2n) is 9.97. The number of aromatic nitrogens is 1. The van der Waals surface area contributed by atoms with Gasteiger partial charge in [0, 0.05) is 43.7 Å². The van der Waals surface area contributed by atoms with Crippen molar-refractivity contribution in [2.45, 2.75) is 36.5 Å². The molecule has 1 aromatic heterocycles. The summed E-state index contributed by atoms with van der Waals surface area (Å²) in [5.41, 5.74) is 1.94. The number of hydrogen-bond acceptors (Lipinski definition) is 4. The lowest BCUT2D eigenvalue weighted by Gasteiger charge is -2.47. The van der Waals surface area contributed by atoms with Crippen LogP contribution in [0.15, 0.2) is 65.8 Å². The number of halogens is 3. The van der Waals surface area contributed by atoms with Crippen molar-refractivity contribution in [1.29, 1.82) is 0 Å². The van der Waals surface area contributed by atoms with E-state index in [1.165, 1.54) is 11.6 Å². The first kappa shape index (κ1) is 26.6. The summed E-state index contributed by atoms with van der Waals surface area (Å²) in [5.74, 6) is -1.86. The molecule has 2 fully saturated rings. The van der Waals surface area contributed by atoms with Gasteiger partial charge in [-0.15, -0.1) is 11.8 Å². The number of piperidine rings is 2. The predicted octanol–water partition coefficient (Wildman–Crippen LogP) is 6.46. The Morgan fingerprint density at radius 1 is 0.895 bits per heavy atom. The van der Waals surface area contributed by atoms with E-state index < -0.39 is 16.7 Å². The first-order valence-corrected chi connectivity index (χ1v) is 14.1. The van der Waals surface area contributed by atoms with Crippen LogP contribution in [0, 0.1) is 17.0 Å². The zero-order valence-electron chi connectivity index (χ0n) is 20.8. The maximum absolute atomic E-state index is 13.8. The van der Waals surface area contributed by atoms with E-state index in [4.69, 9.17) is 11.6 Å². The Morgan fingerprint density at radius 2 is 1.53 bits per heavy atom. The van der Waals surface area contributed by atoms with Gasteiger partial charge in [-0.3, -0.25) is 9.59 Å². The molecule has 0 aliphatic carbocycles. The van der Waals surface area contributed by atoms with Gasteiger partial charge in [0.15, 0.2) is 11.6 Å². The van der Waals surface area contributed by atoms with Crippen LogP contribution in [-0.2, 0) is 5.75 Å². The number of carbonyl (C=O) groups excluding carboxylic acids is 2. The standard InChI is InChI=1S/C29H28ClF2N3O2S/c30-23-17-21(18-24(31)25(23)32)27(36)34-13-8-29(9-14-34)10-15-35(16-11-29)28(37)22-7-4-12-33-26(22)38-19-20-5-2-1-3-6-20/h1-7,12,17-18H,8-11,13-16,19H2. The molecule has 5 rings (SSSR count). The molecular weight excluding hydrogens is 528 g/mol. The minimum Gasteiger partial charge on any atom is -0.339 e. The van der Waals surface area contributed by atoms with Gasteiger partial charge in [-0.05, 0) is 60.9 Å². The van der Waals surface area contributed by atoms with Gasteiger partial charge in [-0.1, -0.05) is 41.9 Å². The molecule has 2 amide bonds. The fourth-order valence-corrected chi connectivity index (χ4v) is 6.44. The van der Waals surface area contributed by atoms with Crippen LogP contribution in [0.2, 0.25) is 5.02 Å². The third kappa shape index (κ3) is 5.71. The molecule has 2 saturated heterocycles. The average molecular weight is 556 g/mol. The number of amides is 2. The summed E-state index contributed by atoms with van der Waals surface area (Å²) in [6, 6.07) is 15.9. The summed E-state index contributed by atoms with van der Waals surface area (Å²) in [7, 11) is 0. The number of carbonyl (C=O) groups is 2. The quantitative estimate of drug-likeness (QED) is 0.268. The zero-order chi connectivity index (χ0) is 26.7. The lowest BCUT2D eigenvalue weighted by molar-refractivity contribution is 0.0279. The van der Waals surface area contributed by atoms with Gasteiger partial charge in [0.05, 0.1) is 10.6 Å². The first-order chi connectivity index (χ1) is 18.3. The summed E-state index contributed by atoms with van der Waals surface area (Å²) in [6.07, 6.45) is 5.07. The monoisotopic (exact) mass is 555 g/mol. The molecular formula is C29H28ClF2N3O2S. The SMILES string of the molecule is O=C(c1cc(F)c(F)c(Cl)c1)N1CCC2(CC1)CCN(C(=O)c1cccnc1SCc1ccccc1)CC2. The van der Waals surface area contributed by atoms with Crippen LogP contribution < -0.4 is 0 Å². The van der Waals surface area contributed by atoms with Gasteiger partial charge in [-0.2, -0.15) is 0 Å². The summed E-state index contributed by atoms with van der Waals surface area (Å²) in [4.78, 5) is 34.4. The van der Waals surface area contributed by atoms with E-state index in [0.717, 1.165) is 42.5 Å². The third-order valence-electron chi connectivity index (χ3n) is 7.67. The van der Waals surface area contributed by atoms with Gasteiger partial charge >= 0.3 is 0 Å². The lowest BCUT2D eigenvalue weighted by Crippen LogP contribution is -2.49. The van der Waals surface area contributed by atoms with Crippen molar-refractivity contribution in [2.75, 3.05) is 26.2 Å². The Labute approximate surface area is 230 Å². The molecule has 5 nitrogen and oxygen atoms in total. The van der Waals surface area contributed by atoms with Crippen LogP contribution >= 0.6 is 23.4 Å². The highest BCUT2D eigenvalue weighted by Crippen LogP contribution is 2.42. The van der Waals surface area contributed by atoms with E-state index in [1.54, 1.807) is 28.9 Å². The molecule has 2 aliphatic rings. The van der Waals surface area contributed by atoms with Gasteiger partial charge in [0.25, 0.3) is 11.8 Å². The van der Waals surface area contributed by atoms with Gasteiger partial charge < -0.3 is 9.80 Å². The Bertz CT molecular complexity index is 1300. The van der Waals surface area contributed by atoms with E-state index in [2.05, 4.69) is 17.1 Å². The van der Waals surface area contributed by atoms with Crippen molar-refractivity contribution in [2.24, 2.45) is 5.41 Å². The maximum atomic E-state index is 13.8. The van der Waals surface area contributed by atoms with Gasteiger partial charge in [-0.25, -0.2) is 13.8 Å². The molecule has 38 heavy (non-hydrogen) atoms. The lowest BCUT2D eigenvalue weighted by atomic mass is 9.71. The van der Waals surface area contributed by atoms with E-state index in [0.29, 0.717) is 31.7 Å². The van der Waals surface area contributed by atoms with Crippen LogP contribution in [0.4, 0.5) is 8.78 Å². The predicted molar refractivity (Wildman–Crippen MR) is 144 cm³/mol. The Morgan fingerprint density at radius 3 is 2.16 bits per heavy atom. The molecule has 0 atom stereocenters. The number of thioether (sulfide) groups is 1. The van der Waals surface area contributed by atoms with Crippen LogP contribution in [-0.4, -0.2) is 52.8 Å². The molecule has 2 aliphatic heterocycles. The number of benzene rings is 2. The van der Waals surface area contributed by atoms with Crippen molar-refractivity contribution in [3.63, 3.8) is 0 Å². The molecule has 0 unspecified atom stereocenters. The van der Waals surface area contributed by atoms with Crippen LogP contribution in [0.3, 0.4) is 0 Å². The molecule has 0 bridgehead atoms. The van der Waals surface area contributed by atoms with Crippen LogP contribution in [0.1, 0.15) is 52.0 Å². The second-order valence-corrected chi connectivity index (χ2v) is 11.3. The molecule has 0 radical (unpaired) electrons. The molecule has 198 valence electrons. The molecule has 1 spiro atoms. The number of likely N-dealkylation sites (tertiary alicyclic amines) is 2. The molecule has 3 heterocycles. The van der Waals surface area contributed by atoms with Crippen molar-refractivity contribution in [3.05, 3.63) is 94.1 Å². The largest absolute Gasteiger partial charge is 0.339 e. The van der Waals surface area contributed by atoms with Crippen molar-refractivity contribution in [3.8, 4) is 0 Å². The summed E-state index contributed by atoms with van der Waals surface area (Å²) in [6.45, 7) is 2.38. The normalized spacial score (nSPS) is 17.0. The van der Waals surface area contributed by atoms with E-state index in [-0.39, 0.29) is 22.8 Å².